The Morgan fingerprint density at radius 3 is 2.59 bits per heavy atom. The zero-order valence-electron chi connectivity index (χ0n) is 18.5. The zero-order valence-corrected chi connectivity index (χ0v) is 18.5. The monoisotopic (exact) mass is 427 g/mol. The second-order valence-corrected chi connectivity index (χ2v) is 8.45. The van der Waals surface area contributed by atoms with Crippen molar-refractivity contribution >= 4 is 11.8 Å². The van der Waals surface area contributed by atoms with Crippen LogP contribution in [0, 0.1) is 5.41 Å². The molecular weight excluding hydrogens is 398 g/mol. The predicted molar refractivity (Wildman–Crippen MR) is 126 cm³/mol. The van der Waals surface area contributed by atoms with Crippen LogP contribution < -0.4 is 5.32 Å². The number of hydrogen-bond donors (Lipinski definition) is 1. The van der Waals surface area contributed by atoms with Gasteiger partial charge in [-0.15, -0.1) is 0 Å². The first-order valence-corrected chi connectivity index (χ1v) is 11.2. The number of piperidine rings is 1. The van der Waals surface area contributed by atoms with Gasteiger partial charge < -0.3 is 10.2 Å². The number of nitrogens with zero attached hydrogens (tertiary/aromatic N) is 2. The fraction of sp³-hybridized carbons (Fsp3) is 0.296. The molecule has 2 heterocycles. The van der Waals surface area contributed by atoms with Crippen molar-refractivity contribution < 1.29 is 9.59 Å². The van der Waals surface area contributed by atoms with E-state index in [0.29, 0.717) is 31.6 Å². The van der Waals surface area contributed by atoms with E-state index >= 15 is 0 Å². The molecule has 5 heteroatoms. The third-order valence-corrected chi connectivity index (χ3v) is 6.17. The van der Waals surface area contributed by atoms with Gasteiger partial charge in [0.25, 0.3) is 5.91 Å². The van der Waals surface area contributed by atoms with Gasteiger partial charge in [0, 0.05) is 32.0 Å². The second kappa shape index (κ2) is 9.77. The molecule has 0 radical (unpaired) electrons. The van der Waals surface area contributed by atoms with Crippen molar-refractivity contribution in [2.45, 2.75) is 26.2 Å². The highest BCUT2D eigenvalue weighted by Crippen LogP contribution is 2.35. The Balaban J connectivity index is 1.62. The summed E-state index contributed by atoms with van der Waals surface area (Å²) in [5, 5.41) is 3.03. The first-order valence-electron chi connectivity index (χ1n) is 11.2. The largest absolute Gasteiger partial charge is 0.356 e. The van der Waals surface area contributed by atoms with E-state index in [2.05, 4.69) is 40.6 Å². The van der Waals surface area contributed by atoms with Crippen LogP contribution in [0.4, 0.5) is 0 Å². The summed E-state index contributed by atoms with van der Waals surface area (Å²) < 4.78 is 0. The summed E-state index contributed by atoms with van der Waals surface area (Å²) in [6.45, 7) is 3.56. The Kier molecular flexibility index (Phi) is 6.64. The van der Waals surface area contributed by atoms with Crippen LogP contribution in [0.25, 0.3) is 11.1 Å². The molecule has 1 aromatic heterocycles. The molecule has 2 amide bonds. The molecule has 1 N–H and O–H groups in total. The molecule has 0 spiro atoms. The molecule has 2 aromatic carbocycles. The molecule has 32 heavy (non-hydrogen) atoms. The summed E-state index contributed by atoms with van der Waals surface area (Å²) in [4.78, 5) is 32.3. The van der Waals surface area contributed by atoms with E-state index in [4.69, 9.17) is 0 Å². The summed E-state index contributed by atoms with van der Waals surface area (Å²) in [6, 6.07) is 22.2. The maximum absolute atomic E-state index is 13.3. The van der Waals surface area contributed by atoms with Gasteiger partial charge in [0.1, 0.15) is 0 Å². The molecule has 1 fully saturated rings. The summed E-state index contributed by atoms with van der Waals surface area (Å²) in [7, 11) is 0. The predicted octanol–water partition coefficient (Wildman–Crippen LogP) is 4.35. The SMILES string of the molecule is CCNC(=O)C1(Cc2cccc(-c3ccccc3)c2)CCCN(C(=O)c2cccnc2)C1. The molecule has 1 aliphatic rings. The average Bonchev–Trinajstić information content (AvgIpc) is 2.85. The van der Waals surface area contributed by atoms with Gasteiger partial charge in [-0.2, -0.15) is 0 Å². The Bertz CT molecular complexity index is 1070. The Hall–Kier alpha value is -3.47. The highest BCUT2D eigenvalue weighted by Gasteiger charge is 2.43. The van der Waals surface area contributed by atoms with Crippen LogP contribution in [0.3, 0.4) is 0 Å². The van der Waals surface area contributed by atoms with E-state index in [1.807, 2.05) is 36.1 Å². The number of amides is 2. The minimum atomic E-state index is -0.651. The Morgan fingerprint density at radius 2 is 1.84 bits per heavy atom. The van der Waals surface area contributed by atoms with Crippen LogP contribution in [0.5, 0.6) is 0 Å². The van der Waals surface area contributed by atoms with E-state index < -0.39 is 5.41 Å². The van der Waals surface area contributed by atoms with Gasteiger partial charge in [-0.25, -0.2) is 0 Å². The van der Waals surface area contributed by atoms with Gasteiger partial charge >= 0.3 is 0 Å². The molecular formula is C27H29N3O2. The fourth-order valence-electron chi connectivity index (χ4n) is 4.62. The summed E-state index contributed by atoms with van der Waals surface area (Å²) in [5.74, 6) is -0.0432. The van der Waals surface area contributed by atoms with Gasteiger partial charge in [0.05, 0.1) is 11.0 Å². The number of rotatable bonds is 6. The summed E-state index contributed by atoms with van der Waals surface area (Å²) in [5.41, 5.74) is 3.30. The number of aromatic nitrogens is 1. The van der Waals surface area contributed by atoms with Crippen LogP contribution in [-0.4, -0.2) is 41.3 Å². The molecule has 4 rings (SSSR count). The lowest BCUT2D eigenvalue weighted by atomic mass is 9.73. The zero-order chi connectivity index (χ0) is 22.4. The van der Waals surface area contributed by atoms with Gasteiger partial charge in [0.2, 0.25) is 5.91 Å². The first kappa shape index (κ1) is 21.8. The van der Waals surface area contributed by atoms with Crippen LogP contribution >= 0.6 is 0 Å². The lowest BCUT2D eigenvalue weighted by molar-refractivity contribution is -0.133. The van der Waals surface area contributed by atoms with Crippen molar-refractivity contribution in [3.63, 3.8) is 0 Å². The summed E-state index contributed by atoms with van der Waals surface area (Å²) >= 11 is 0. The summed E-state index contributed by atoms with van der Waals surface area (Å²) in [6.07, 6.45) is 5.39. The third-order valence-electron chi connectivity index (χ3n) is 6.17. The lowest BCUT2D eigenvalue weighted by Crippen LogP contribution is -2.54. The number of likely N-dealkylation sites (tertiary alicyclic amines) is 1. The Morgan fingerprint density at radius 1 is 1.03 bits per heavy atom. The molecule has 1 aliphatic heterocycles. The maximum atomic E-state index is 13.3. The highest BCUT2D eigenvalue weighted by atomic mass is 16.2. The highest BCUT2D eigenvalue weighted by molar-refractivity contribution is 5.94. The minimum Gasteiger partial charge on any atom is -0.356 e. The molecule has 1 saturated heterocycles. The Labute approximate surface area is 189 Å². The van der Waals surface area contributed by atoms with Crippen molar-refractivity contribution in [1.82, 2.24) is 15.2 Å². The lowest BCUT2D eigenvalue weighted by Gasteiger charge is -2.42. The molecule has 0 aliphatic carbocycles. The van der Waals surface area contributed by atoms with E-state index in [1.165, 1.54) is 0 Å². The van der Waals surface area contributed by atoms with E-state index in [-0.39, 0.29) is 11.8 Å². The topological polar surface area (TPSA) is 62.3 Å². The van der Waals surface area contributed by atoms with Gasteiger partial charge in [-0.05, 0) is 55.0 Å². The van der Waals surface area contributed by atoms with Crippen LogP contribution in [-0.2, 0) is 11.2 Å². The van der Waals surface area contributed by atoms with Gasteiger partial charge in [0.15, 0.2) is 0 Å². The standard InChI is InChI=1S/C27H29N3O2/c1-2-29-26(32)27(14-8-16-30(20-27)25(31)24-13-7-15-28-19-24)18-21-9-6-12-23(17-21)22-10-4-3-5-11-22/h3-7,9-13,15,17,19H,2,8,14,16,18,20H2,1H3,(H,29,32). The van der Waals surface area contributed by atoms with Crippen molar-refractivity contribution in [1.29, 1.82) is 0 Å². The minimum absolute atomic E-state index is 0.0220. The number of hydrogen-bond acceptors (Lipinski definition) is 3. The maximum Gasteiger partial charge on any atom is 0.255 e. The van der Waals surface area contributed by atoms with Crippen molar-refractivity contribution in [2.75, 3.05) is 19.6 Å². The smallest absolute Gasteiger partial charge is 0.255 e. The first-order chi connectivity index (χ1) is 15.6. The third kappa shape index (κ3) is 4.72. The average molecular weight is 428 g/mol. The fourth-order valence-corrected chi connectivity index (χ4v) is 4.62. The quantitative estimate of drug-likeness (QED) is 0.636. The van der Waals surface area contributed by atoms with E-state index in [1.54, 1.807) is 24.5 Å². The molecule has 0 bridgehead atoms. The second-order valence-electron chi connectivity index (χ2n) is 8.45. The van der Waals surface area contributed by atoms with Crippen LogP contribution in [0.2, 0.25) is 0 Å². The number of pyridine rings is 1. The van der Waals surface area contributed by atoms with E-state index in [9.17, 15) is 9.59 Å². The molecule has 1 atom stereocenters. The van der Waals surface area contributed by atoms with Crippen molar-refractivity contribution in [2.24, 2.45) is 5.41 Å². The number of carbonyl (C=O) groups is 2. The van der Waals surface area contributed by atoms with Crippen LogP contribution in [0.1, 0.15) is 35.7 Å². The van der Waals surface area contributed by atoms with Crippen molar-refractivity contribution in [3.05, 3.63) is 90.3 Å². The van der Waals surface area contributed by atoms with Gasteiger partial charge in [-0.1, -0.05) is 54.6 Å². The number of nitrogens with one attached hydrogen (secondary N) is 1. The van der Waals surface area contributed by atoms with Crippen LogP contribution in [0.15, 0.2) is 79.1 Å². The molecule has 3 aromatic rings. The normalized spacial score (nSPS) is 18.2. The molecule has 5 nitrogen and oxygen atoms in total. The molecule has 0 saturated carbocycles. The molecule has 164 valence electrons. The van der Waals surface area contributed by atoms with Crippen molar-refractivity contribution in [3.8, 4) is 11.1 Å². The number of benzene rings is 2. The number of carbonyl (C=O) groups excluding carboxylic acids is 2. The van der Waals surface area contributed by atoms with E-state index in [0.717, 1.165) is 29.5 Å². The van der Waals surface area contributed by atoms with Gasteiger partial charge in [-0.3, -0.25) is 14.6 Å². The molecule has 1 unspecified atom stereocenters.